The predicted octanol–water partition coefficient (Wildman–Crippen LogP) is -3.62. The Morgan fingerprint density at radius 1 is 0.547 bits per heavy atom. The summed E-state index contributed by atoms with van der Waals surface area (Å²) in [6.45, 7) is 7.94. The molecule has 1 aliphatic heterocycles. The zero-order chi connectivity index (χ0) is 48.8. The molecule has 366 valence electrons. The predicted molar refractivity (Wildman–Crippen MR) is 207 cm³/mol. The Balaban J connectivity index is 3.87. The first-order valence-electron chi connectivity index (χ1n) is 19.3. The van der Waals surface area contributed by atoms with Crippen molar-refractivity contribution >= 4 is 72.3 Å². The molecule has 24 nitrogen and oxygen atoms in total. The van der Waals surface area contributed by atoms with Gasteiger partial charge in [0.1, 0.15) is 0 Å². The van der Waals surface area contributed by atoms with Gasteiger partial charge in [0.05, 0.1) is 0 Å². The summed E-state index contributed by atoms with van der Waals surface area (Å²) < 4.78 is 69.5. The Morgan fingerprint density at radius 3 is 1.50 bits per heavy atom. The molecule has 1 saturated heterocycles. The van der Waals surface area contributed by atoms with Gasteiger partial charge in [0.25, 0.3) is 0 Å². The van der Waals surface area contributed by atoms with Crippen LogP contribution in [0.3, 0.4) is 0 Å². The molecular weight excluding hydrogens is 999 g/mol. The molecule has 0 aromatic carbocycles. The summed E-state index contributed by atoms with van der Waals surface area (Å²) in [5.41, 5.74) is -1.85. The first kappa shape index (κ1) is 57.6. The number of thiol groups is 1. The van der Waals surface area contributed by atoms with Crippen molar-refractivity contribution in [2.75, 3.05) is 33.0 Å². The van der Waals surface area contributed by atoms with Gasteiger partial charge < -0.3 is 0 Å². The van der Waals surface area contributed by atoms with E-state index in [1.807, 2.05) is 0 Å². The van der Waals surface area contributed by atoms with Crippen molar-refractivity contribution in [1.82, 2.24) is 0 Å². The molecule has 1 rings (SSSR count). The van der Waals surface area contributed by atoms with Crippen LogP contribution in [0.1, 0.15) is 75.7 Å². The average molecular weight is 1060 g/mol. The molecule has 0 spiro atoms. The van der Waals surface area contributed by atoms with Gasteiger partial charge in [-0.15, -0.1) is 0 Å². The minimum atomic E-state index is -1.85. The molecule has 0 aromatic rings. The number of hydrogen-bond acceptors (Lipinski definition) is 25. The molecule has 0 radical (unpaired) electrons. The zero-order valence-electron chi connectivity index (χ0n) is 36.8. The van der Waals surface area contributed by atoms with Gasteiger partial charge in [-0.1, -0.05) is 0 Å². The van der Waals surface area contributed by atoms with E-state index in [0.29, 0.717) is 0 Å². The Bertz CT molecular complexity index is 1620. The number of halogens is 1. The number of carbonyl (C=O) groups excluding carboxylic acids is 10. The minimum absolute atomic E-state index is 0.424. The fraction of sp³-hybridized carbons (Fsp3) is 0.737. The molecule has 64 heavy (non-hydrogen) atoms. The average Bonchev–Trinajstić information content (AvgIpc) is 3.14. The Hall–Kier alpha value is -4.38. The van der Waals surface area contributed by atoms with Crippen LogP contribution in [0.2, 0.25) is 0 Å². The second kappa shape index (κ2) is 29.2. The van der Waals surface area contributed by atoms with E-state index in [-0.39, 0.29) is 0 Å². The molecule has 12 unspecified atom stereocenters. The molecular formula is C38H56IO24S-. The van der Waals surface area contributed by atoms with Crippen LogP contribution in [-0.4, -0.2) is 166 Å². The van der Waals surface area contributed by atoms with Crippen LogP contribution in [0.15, 0.2) is 0 Å². The van der Waals surface area contributed by atoms with Gasteiger partial charge >= 0.3 is 350 Å². The van der Waals surface area contributed by atoms with Gasteiger partial charge in [-0.25, -0.2) is 0 Å². The molecule has 0 bridgehead atoms. The molecule has 1 N–H and O–H groups in total. The van der Waals surface area contributed by atoms with Crippen molar-refractivity contribution in [3.05, 3.63) is 0 Å². The Labute approximate surface area is 384 Å². The van der Waals surface area contributed by atoms with E-state index >= 15 is 0 Å². The van der Waals surface area contributed by atoms with Crippen LogP contribution < -0.4 is 21.2 Å². The van der Waals surface area contributed by atoms with Crippen LogP contribution in [0.5, 0.6) is 0 Å². The summed E-state index contributed by atoms with van der Waals surface area (Å²) in [5.74, 6) is -8.43. The maximum absolute atomic E-state index is 12.7. The molecule has 1 heterocycles. The normalized spacial score (nSPS) is 21.4. The second-order valence-electron chi connectivity index (χ2n) is 13.6. The molecule has 0 aromatic heterocycles. The van der Waals surface area contributed by atoms with Crippen LogP contribution >= 0.6 is 12.6 Å². The molecule has 0 aliphatic carbocycles. The Kier molecular flexibility index (Phi) is 26.3. The van der Waals surface area contributed by atoms with Crippen molar-refractivity contribution in [1.29, 1.82) is 0 Å². The molecule has 0 amide bonds. The van der Waals surface area contributed by atoms with E-state index in [4.69, 9.17) is 61.6 Å². The van der Waals surface area contributed by atoms with Crippen molar-refractivity contribution in [3.8, 4) is 0 Å². The summed E-state index contributed by atoms with van der Waals surface area (Å²) in [4.78, 5) is 122. The van der Waals surface area contributed by atoms with Gasteiger partial charge in [0.2, 0.25) is 0 Å². The fourth-order valence-corrected chi connectivity index (χ4v) is 9.04. The summed E-state index contributed by atoms with van der Waals surface area (Å²) in [7, 11) is 0. The summed E-state index contributed by atoms with van der Waals surface area (Å²) in [6, 6.07) is 0. The number of aliphatic hydroxyl groups excluding tert-OH is 1. The number of carbonyl (C=O) groups is 10. The number of rotatable bonds is 26. The van der Waals surface area contributed by atoms with E-state index in [0.717, 1.165) is 69.2 Å². The van der Waals surface area contributed by atoms with Crippen molar-refractivity contribution in [3.63, 3.8) is 0 Å². The van der Waals surface area contributed by atoms with Crippen molar-refractivity contribution in [2.45, 2.75) is 144 Å². The van der Waals surface area contributed by atoms with Crippen molar-refractivity contribution < 1.29 is 136 Å². The standard InChI is InChI=1S/C38H56IO24S/c1-17(40)52-13-27(29(57-22(6)45)14-53-18(2)41)39-31(16-55-20(4)43)63-32(35(37(50)64)60-25(9)48)28(56-21(5)44)11-12-51-38-36(61-26(10)49)34(59-24(8)47)33(58-23(7)46)30(62-38)15-54-19(3)42/h27-38,50,64H,11-16H2,1-10H3/q-1. The monoisotopic (exact) mass is 1060 g/mol. The number of aliphatic hydroxyl groups is 1. The molecule has 26 heteroatoms. The Morgan fingerprint density at radius 2 is 1.02 bits per heavy atom. The fourth-order valence-electron chi connectivity index (χ4n) is 5.68. The number of esters is 10. The van der Waals surface area contributed by atoms with E-state index in [2.05, 4.69) is 12.6 Å². The maximum atomic E-state index is 12.7. The van der Waals surface area contributed by atoms with Crippen LogP contribution in [0.25, 0.3) is 0 Å². The van der Waals surface area contributed by atoms with Crippen LogP contribution in [-0.2, 0) is 110 Å². The zero-order valence-corrected chi connectivity index (χ0v) is 39.9. The number of hydrogen-bond donors (Lipinski definition) is 2. The third-order valence-corrected chi connectivity index (χ3v) is 11.7. The van der Waals surface area contributed by atoms with Gasteiger partial charge in [0, 0.05) is 20.8 Å². The third-order valence-electron chi connectivity index (χ3n) is 7.88. The molecule has 0 saturated carbocycles. The second-order valence-corrected chi connectivity index (χ2v) is 17.8. The summed E-state index contributed by atoms with van der Waals surface area (Å²) >= 11 is 2.33. The number of ether oxygens (including phenoxy) is 13. The van der Waals surface area contributed by atoms with Gasteiger partial charge in [-0.05, 0) is 0 Å². The number of alkyl halides is 2. The van der Waals surface area contributed by atoms with Gasteiger partial charge in [0.15, 0.2) is 0 Å². The third kappa shape index (κ3) is 23.0. The first-order chi connectivity index (χ1) is 29.8. The SMILES string of the molecule is CC(=O)OCC(OC(C(CCOC1OC(COC(C)=O)C(OC(C)=O)C(OC(C)=O)C1OC(C)=O)OC(C)=O)C(OC(C)=O)C(O)S)[I-]C(COC(C)=O)C(COC(C)=O)OC(C)=O. The van der Waals surface area contributed by atoms with Crippen LogP contribution in [0, 0.1) is 0 Å². The molecule has 12 atom stereocenters. The van der Waals surface area contributed by atoms with E-state index in [1.54, 1.807) is 0 Å². The summed E-state index contributed by atoms with van der Waals surface area (Å²) in [6.07, 6.45) is -14.5. The summed E-state index contributed by atoms with van der Waals surface area (Å²) in [5, 5.41) is 10.9. The van der Waals surface area contributed by atoms with Crippen molar-refractivity contribution in [2.24, 2.45) is 0 Å². The van der Waals surface area contributed by atoms with E-state index in [9.17, 15) is 53.1 Å². The first-order valence-corrected chi connectivity index (χ1v) is 22.3. The molecule has 1 fully saturated rings. The van der Waals surface area contributed by atoms with Gasteiger partial charge in [-0.2, -0.15) is 0 Å². The quantitative estimate of drug-likeness (QED) is 0.0211. The van der Waals surface area contributed by atoms with E-state index in [1.165, 1.54) is 0 Å². The molecule has 1 aliphatic rings. The van der Waals surface area contributed by atoms with E-state index < -0.39 is 189 Å². The topological polar surface area (TPSA) is 311 Å². The van der Waals surface area contributed by atoms with Crippen LogP contribution in [0.4, 0.5) is 0 Å². The van der Waals surface area contributed by atoms with Gasteiger partial charge in [-0.3, -0.25) is 14.4 Å².